The van der Waals surface area contributed by atoms with Gasteiger partial charge in [-0.25, -0.2) is 0 Å². The maximum absolute atomic E-state index is 10.8. The second-order valence-corrected chi connectivity index (χ2v) is 3.43. The zero-order valence-corrected chi connectivity index (χ0v) is 8.23. The quantitative estimate of drug-likeness (QED) is 0.734. The first kappa shape index (κ1) is 10.7. The molecule has 1 rings (SSSR count). The number of nitrogens with one attached hydrogen (secondary N) is 1. The predicted octanol–water partition coefficient (Wildman–Crippen LogP) is 0.873. The third-order valence-corrected chi connectivity index (χ3v) is 1.93. The number of hydrogen-bond acceptors (Lipinski definition) is 4. The molecule has 5 heteroatoms. The van der Waals surface area contributed by atoms with Crippen molar-refractivity contribution in [1.82, 2.24) is 10.5 Å². The predicted molar refractivity (Wildman–Crippen MR) is 49.6 cm³/mol. The van der Waals surface area contributed by atoms with Gasteiger partial charge in [-0.05, 0) is 5.92 Å². The van der Waals surface area contributed by atoms with Crippen LogP contribution < -0.4 is 5.32 Å². The van der Waals surface area contributed by atoms with Gasteiger partial charge in [-0.3, -0.25) is 10.1 Å². The lowest BCUT2D eigenvalue weighted by Gasteiger charge is -2.16. The largest absolute Gasteiger partial charge is 0.480 e. The number of rotatable bonds is 5. The first-order valence-corrected chi connectivity index (χ1v) is 4.46. The van der Waals surface area contributed by atoms with Crippen LogP contribution in [0.15, 0.2) is 16.9 Å². The van der Waals surface area contributed by atoms with Crippen LogP contribution in [-0.4, -0.2) is 22.3 Å². The second-order valence-electron chi connectivity index (χ2n) is 3.43. The van der Waals surface area contributed by atoms with Gasteiger partial charge in [0, 0.05) is 12.6 Å². The smallest absolute Gasteiger partial charge is 0.320 e. The third-order valence-electron chi connectivity index (χ3n) is 1.93. The van der Waals surface area contributed by atoms with Gasteiger partial charge < -0.3 is 9.63 Å². The minimum atomic E-state index is -0.844. The Morgan fingerprint density at radius 1 is 1.71 bits per heavy atom. The summed E-state index contributed by atoms with van der Waals surface area (Å²) in [4.78, 5) is 10.8. The molecule has 0 bridgehead atoms. The number of aromatic nitrogens is 1. The average Bonchev–Trinajstić information content (AvgIpc) is 2.55. The van der Waals surface area contributed by atoms with E-state index in [0.717, 1.165) is 0 Å². The average molecular weight is 198 g/mol. The number of aliphatic carboxylic acids is 1. The molecule has 0 aliphatic heterocycles. The van der Waals surface area contributed by atoms with Crippen LogP contribution in [0.4, 0.5) is 0 Å². The normalized spacial score (nSPS) is 13.1. The summed E-state index contributed by atoms with van der Waals surface area (Å²) in [5.74, 6) is -0.803. The standard InChI is InChI=1S/C9H14N2O3/c1-6(2)8(9(12)13)10-5-7-3-4-14-11-7/h3-4,6,8,10H,5H2,1-2H3,(H,12,13). The van der Waals surface area contributed by atoms with E-state index in [1.807, 2.05) is 13.8 Å². The first-order chi connectivity index (χ1) is 6.61. The number of nitrogens with zero attached hydrogens (tertiary/aromatic N) is 1. The highest BCUT2D eigenvalue weighted by Crippen LogP contribution is 2.03. The Kier molecular flexibility index (Phi) is 3.64. The minimum absolute atomic E-state index is 0.0411. The number of carbonyl (C=O) groups is 1. The van der Waals surface area contributed by atoms with Crippen molar-refractivity contribution < 1.29 is 14.4 Å². The minimum Gasteiger partial charge on any atom is -0.480 e. The Bertz CT molecular complexity index is 282. The SMILES string of the molecule is CC(C)C(NCc1ccon1)C(=O)O. The zero-order chi connectivity index (χ0) is 10.6. The molecule has 2 N–H and O–H groups in total. The Hall–Kier alpha value is -1.36. The lowest BCUT2D eigenvalue weighted by molar-refractivity contribution is -0.140. The highest BCUT2D eigenvalue weighted by atomic mass is 16.5. The van der Waals surface area contributed by atoms with Crippen LogP contribution in [0.2, 0.25) is 0 Å². The van der Waals surface area contributed by atoms with Crippen molar-refractivity contribution >= 4 is 5.97 Å². The summed E-state index contributed by atoms with van der Waals surface area (Å²) in [7, 11) is 0. The maximum Gasteiger partial charge on any atom is 0.320 e. The molecule has 0 saturated heterocycles. The Balaban J connectivity index is 2.45. The molecule has 0 saturated carbocycles. The van der Waals surface area contributed by atoms with Crippen LogP contribution in [0.5, 0.6) is 0 Å². The molecule has 1 aromatic rings. The lowest BCUT2D eigenvalue weighted by atomic mass is 10.0. The molecular formula is C9H14N2O3. The van der Waals surface area contributed by atoms with Gasteiger partial charge in [0.15, 0.2) is 0 Å². The van der Waals surface area contributed by atoms with Crippen molar-refractivity contribution in [2.75, 3.05) is 0 Å². The number of hydrogen-bond donors (Lipinski definition) is 2. The zero-order valence-electron chi connectivity index (χ0n) is 8.23. The van der Waals surface area contributed by atoms with E-state index in [2.05, 4.69) is 15.0 Å². The van der Waals surface area contributed by atoms with E-state index in [1.165, 1.54) is 6.26 Å². The molecule has 0 aromatic carbocycles. The molecule has 78 valence electrons. The summed E-state index contributed by atoms with van der Waals surface area (Å²) in [6.07, 6.45) is 1.46. The monoisotopic (exact) mass is 198 g/mol. The van der Waals surface area contributed by atoms with Crippen molar-refractivity contribution in [2.45, 2.75) is 26.4 Å². The number of carboxylic acid groups (broad SMARTS) is 1. The molecular weight excluding hydrogens is 184 g/mol. The molecule has 0 radical (unpaired) electrons. The van der Waals surface area contributed by atoms with E-state index in [-0.39, 0.29) is 5.92 Å². The first-order valence-electron chi connectivity index (χ1n) is 4.46. The molecule has 0 spiro atoms. The van der Waals surface area contributed by atoms with E-state index in [0.29, 0.717) is 12.2 Å². The van der Waals surface area contributed by atoms with Crippen LogP contribution in [0, 0.1) is 5.92 Å². The summed E-state index contributed by atoms with van der Waals surface area (Å²) < 4.78 is 4.63. The summed E-state index contributed by atoms with van der Waals surface area (Å²) in [5.41, 5.74) is 0.705. The Labute approximate surface area is 82.1 Å². The maximum atomic E-state index is 10.8. The summed E-state index contributed by atoms with van der Waals surface area (Å²) in [6, 6.07) is 1.15. The van der Waals surface area contributed by atoms with Crippen molar-refractivity contribution in [2.24, 2.45) is 5.92 Å². The van der Waals surface area contributed by atoms with Crippen LogP contribution >= 0.6 is 0 Å². The van der Waals surface area contributed by atoms with Crippen molar-refractivity contribution in [3.63, 3.8) is 0 Å². The molecule has 1 unspecified atom stereocenters. The molecule has 0 aliphatic carbocycles. The molecule has 1 heterocycles. The van der Waals surface area contributed by atoms with Gasteiger partial charge in [0.25, 0.3) is 0 Å². The van der Waals surface area contributed by atoms with Crippen molar-refractivity contribution in [3.8, 4) is 0 Å². The van der Waals surface area contributed by atoms with Gasteiger partial charge in [-0.15, -0.1) is 0 Å². The summed E-state index contributed by atoms with van der Waals surface area (Å²) in [5, 5.41) is 15.4. The summed E-state index contributed by atoms with van der Waals surface area (Å²) >= 11 is 0. The van der Waals surface area contributed by atoms with E-state index < -0.39 is 12.0 Å². The van der Waals surface area contributed by atoms with E-state index in [4.69, 9.17) is 5.11 Å². The fourth-order valence-electron chi connectivity index (χ4n) is 1.15. The molecule has 5 nitrogen and oxygen atoms in total. The van der Waals surface area contributed by atoms with Gasteiger partial charge >= 0.3 is 5.97 Å². The second kappa shape index (κ2) is 4.76. The van der Waals surface area contributed by atoms with Gasteiger partial charge in [0.05, 0.1) is 5.69 Å². The van der Waals surface area contributed by atoms with E-state index in [1.54, 1.807) is 6.07 Å². The molecule has 0 aliphatic rings. The van der Waals surface area contributed by atoms with Gasteiger partial charge in [0.2, 0.25) is 0 Å². The van der Waals surface area contributed by atoms with Crippen molar-refractivity contribution in [1.29, 1.82) is 0 Å². The van der Waals surface area contributed by atoms with Crippen LogP contribution in [0.1, 0.15) is 19.5 Å². The fraction of sp³-hybridized carbons (Fsp3) is 0.556. The highest BCUT2D eigenvalue weighted by molar-refractivity contribution is 5.73. The molecule has 0 fully saturated rings. The van der Waals surface area contributed by atoms with Crippen LogP contribution in [0.25, 0.3) is 0 Å². The van der Waals surface area contributed by atoms with Gasteiger partial charge in [-0.1, -0.05) is 19.0 Å². The van der Waals surface area contributed by atoms with Gasteiger partial charge in [-0.2, -0.15) is 0 Å². The molecule has 0 amide bonds. The van der Waals surface area contributed by atoms with Crippen molar-refractivity contribution in [3.05, 3.63) is 18.0 Å². The third kappa shape index (κ3) is 2.85. The topological polar surface area (TPSA) is 75.4 Å². The fourth-order valence-corrected chi connectivity index (χ4v) is 1.15. The highest BCUT2D eigenvalue weighted by Gasteiger charge is 2.20. The Morgan fingerprint density at radius 3 is 2.86 bits per heavy atom. The molecule has 14 heavy (non-hydrogen) atoms. The van der Waals surface area contributed by atoms with E-state index >= 15 is 0 Å². The van der Waals surface area contributed by atoms with Crippen LogP contribution in [-0.2, 0) is 11.3 Å². The molecule has 1 aromatic heterocycles. The van der Waals surface area contributed by atoms with Gasteiger partial charge in [0.1, 0.15) is 12.3 Å². The molecule has 1 atom stereocenters. The Morgan fingerprint density at radius 2 is 2.43 bits per heavy atom. The van der Waals surface area contributed by atoms with E-state index in [9.17, 15) is 4.79 Å². The lowest BCUT2D eigenvalue weighted by Crippen LogP contribution is -2.40. The van der Waals surface area contributed by atoms with Crippen LogP contribution in [0.3, 0.4) is 0 Å². The summed E-state index contributed by atoms with van der Waals surface area (Å²) in [6.45, 7) is 4.12. The number of carboxylic acids is 1.